The lowest BCUT2D eigenvalue weighted by Gasteiger charge is -2.15. The van der Waals surface area contributed by atoms with Crippen molar-refractivity contribution in [3.05, 3.63) is 35.6 Å². The predicted molar refractivity (Wildman–Crippen MR) is 57.4 cm³/mol. The summed E-state index contributed by atoms with van der Waals surface area (Å²) in [7, 11) is 0. The van der Waals surface area contributed by atoms with Gasteiger partial charge in [0, 0.05) is 19.6 Å². The van der Waals surface area contributed by atoms with Crippen LogP contribution in [0, 0.1) is 11.2 Å². The van der Waals surface area contributed by atoms with Crippen LogP contribution < -0.4 is 5.32 Å². The summed E-state index contributed by atoms with van der Waals surface area (Å²) in [4.78, 5) is 1.96. The van der Waals surface area contributed by atoms with Crippen molar-refractivity contribution in [1.29, 1.82) is 5.41 Å². The molecule has 0 aliphatic carbocycles. The van der Waals surface area contributed by atoms with Crippen molar-refractivity contribution in [3.63, 3.8) is 0 Å². The van der Waals surface area contributed by atoms with Crippen molar-refractivity contribution in [3.8, 4) is 0 Å². The highest BCUT2D eigenvalue weighted by Gasteiger charge is 2.14. The molecule has 1 aliphatic rings. The van der Waals surface area contributed by atoms with Crippen molar-refractivity contribution in [1.82, 2.24) is 10.2 Å². The zero-order chi connectivity index (χ0) is 10.7. The molecular formula is C11H14FN3. The van der Waals surface area contributed by atoms with E-state index in [1.807, 2.05) is 11.0 Å². The Labute approximate surface area is 88.4 Å². The minimum absolute atomic E-state index is 0.192. The van der Waals surface area contributed by atoms with Gasteiger partial charge in [-0.15, -0.1) is 0 Å². The number of nitrogens with one attached hydrogen (secondary N) is 2. The van der Waals surface area contributed by atoms with Gasteiger partial charge in [-0.1, -0.05) is 12.1 Å². The highest BCUT2D eigenvalue weighted by atomic mass is 19.1. The average molecular weight is 207 g/mol. The summed E-state index contributed by atoms with van der Waals surface area (Å²) in [6.07, 6.45) is 0.780. The lowest BCUT2D eigenvalue weighted by Crippen LogP contribution is -2.30. The third kappa shape index (κ3) is 2.46. The Hall–Kier alpha value is -1.58. The van der Waals surface area contributed by atoms with Crippen LogP contribution >= 0.6 is 0 Å². The second-order valence-electron chi connectivity index (χ2n) is 3.64. The third-order valence-electron chi connectivity index (χ3n) is 2.55. The van der Waals surface area contributed by atoms with Gasteiger partial charge in [-0.3, -0.25) is 5.41 Å². The largest absolute Gasteiger partial charge is 0.355 e. The van der Waals surface area contributed by atoms with Crippen LogP contribution in [0.2, 0.25) is 0 Å². The number of hydrogen-bond donors (Lipinski definition) is 2. The Balaban J connectivity index is 1.90. The molecule has 0 unspecified atom stereocenters. The quantitative estimate of drug-likeness (QED) is 0.782. The van der Waals surface area contributed by atoms with Crippen molar-refractivity contribution in [2.45, 2.75) is 6.42 Å². The molecule has 1 fully saturated rings. The fraction of sp³-hybridized carbons (Fsp3) is 0.364. The lowest BCUT2D eigenvalue weighted by atomic mass is 10.1. The van der Waals surface area contributed by atoms with E-state index in [4.69, 9.17) is 5.41 Å². The first-order chi connectivity index (χ1) is 7.25. The van der Waals surface area contributed by atoms with E-state index in [1.54, 1.807) is 12.1 Å². The zero-order valence-electron chi connectivity index (χ0n) is 8.46. The standard InChI is InChI=1S/C11H14FN3/c12-10-3-1-2-9(8-10)4-6-15-7-5-14-11(15)13/h1-3,8H,4-7H2,(H2,13,14). The first-order valence-electron chi connectivity index (χ1n) is 5.07. The van der Waals surface area contributed by atoms with E-state index in [0.29, 0.717) is 5.96 Å². The molecule has 0 saturated carbocycles. The van der Waals surface area contributed by atoms with Crippen molar-refractivity contribution in [2.24, 2.45) is 0 Å². The van der Waals surface area contributed by atoms with E-state index in [0.717, 1.165) is 31.6 Å². The fourth-order valence-electron chi connectivity index (χ4n) is 1.71. The monoisotopic (exact) mass is 207 g/mol. The predicted octanol–water partition coefficient (Wildman–Crippen LogP) is 1.21. The lowest BCUT2D eigenvalue weighted by molar-refractivity contribution is 0.463. The molecule has 1 aliphatic heterocycles. The second kappa shape index (κ2) is 4.29. The van der Waals surface area contributed by atoms with Gasteiger partial charge in [0.2, 0.25) is 0 Å². The van der Waals surface area contributed by atoms with Gasteiger partial charge >= 0.3 is 0 Å². The van der Waals surface area contributed by atoms with Crippen LogP contribution in [0.25, 0.3) is 0 Å². The Kier molecular flexibility index (Phi) is 2.85. The van der Waals surface area contributed by atoms with Crippen LogP contribution in [0.5, 0.6) is 0 Å². The van der Waals surface area contributed by atoms with E-state index < -0.39 is 0 Å². The molecule has 0 atom stereocenters. The minimum atomic E-state index is -0.192. The number of hydrogen-bond acceptors (Lipinski definition) is 1. The van der Waals surface area contributed by atoms with Crippen molar-refractivity contribution in [2.75, 3.05) is 19.6 Å². The molecule has 3 nitrogen and oxygen atoms in total. The molecule has 0 spiro atoms. The van der Waals surface area contributed by atoms with Crippen LogP contribution in [0.3, 0.4) is 0 Å². The maximum absolute atomic E-state index is 12.9. The Morgan fingerprint density at radius 1 is 1.47 bits per heavy atom. The maximum atomic E-state index is 12.9. The zero-order valence-corrected chi connectivity index (χ0v) is 8.46. The van der Waals surface area contributed by atoms with E-state index in [1.165, 1.54) is 6.07 Å². The fourth-order valence-corrected chi connectivity index (χ4v) is 1.71. The summed E-state index contributed by atoms with van der Waals surface area (Å²) in [5.74, 6) is 0.286. The highest BCUT2D eigenvalue weighted by molar-refractivity contribution is 5.78. The molecule has 1 aromatic carbocycles. The minimum Gasteiger partial charge on any atom is -0.355 e. The van der Waals surface area contributed by atoms with Gasteiger partial charge in [-0.05, 0) is 24.1 Å². The number of rotatable bonds is 3. The molecule has 1 heterocycles. The molecular weight excluding hydrogens is 193 g/mol. The summed E-state index contributed by atoms with van der Waals surface area (Å²) in [5.41, 5.74) is 0.981. The van der Waals surface area contributed by atoms with Crippen LogP contribution in [0.1, 0.15) is 5.56 Å². The van der Waals surface area contributed by atoms with Gasteiger partial charge in [-0.25, -0.2) is 4.39 Å². The van der Waals surface area contributed by atoms with Crippen LogP contribution in [0.15, 0.2) is 24.3 Å². The normalized spacial score (nSPS) is 15.5. The Bertz CT molecular complexity index is 365. The van der Waals surface area contributed by atoms with Gasteiger partial charge in [0.15, 0.2) is 5.96 Å². The smallest absolute Gasteiger partial charge is 0.191 e. The van der Waals surface area contributed by atoms with Gasteiger partial charge in [0.05, 0.1) is 0 Å². The third-order valence-corrected chi connectivity index (χ3v) is 2.55. The number of halogens is 1. The van der Waals surface area contributed by atoms with E-state index in [2.05, 4.69) is 5.32 Å². The summed E-state index contributed by atoms with van der Waals surface area (Å²) < 4.78 is 12.9. The second-order valence-corrected chi connectivity index (χ2v) is 3.64. The molecule has 2 rings (SSSR count). The Morgan fingerprint density at radius 3 is 3.00 bits per heavy atom. The van der Waals surface area contributed by atoms with Crippen LogP contribution in [0.4, 0.5) is 4.39 Å². The molecule has 80 valence electrons. The topological polar surface area (TPSA) is 39.1 Å². The SMILES string of the molecule is N=C1NCCN1CCc1cccc(F)c1. The molecule has 0 radical (unpaired) electrons. The number of benzene rings is 1. The van der Waals surface area contributed by atoms with Crippen molar-refractivity contribution < 1.29 is 4.39 Å². The summed E-state index contributed by atoms with van der Waals surface area (Å²) in [5, 5.41) is 10.5. The van der Waals surface area contributed by atoms with E-state index in [-0.39, 0.29) is 5.82 Å². The first kappa shape index (κ1) is 9.96. The molecule has 1 saturated heterocycles. The molecule has 2 N–H and O–H groups in total. The van der Waals surface area contributed by atoms with Gasteiger partial charge in [0.1, 0.15) is 5.82 Å². The van der Waals surface area contributed by atoms with Gasteiger partial charge in [0.25, 0.3) is 0 Å². The molecule has 0 amide bonds. The molecule has 0 bridgehead atoms. The highest BCUT2D eigenvalue weighted by Crippen LogP contribution is 2.06. The van der Waals surface area contributed by atoms with Gasteiger partial charge in [-0.2, -0.15) is 0 Å². The molecule has 1 aromatic rings. The van der Waals surface area contributed by atoms with Crippen molar-refractivity contribution >= 4 is 5.96 Å². The average Bonchev–Trinajstić information content (AvgIpc) is 2.61. The summed E-state index contributed by atoms with van der Waals surface area (Å²) in [6.45, 7) is 2.48. The summed E-state index contributed by atoms with van der Waals surface area (Å²) >= 11 is 0. The van der Waals surface area contributed by atoms with Crippen LogP contribution in [-0.2, 0) is 6.42 Å². The molecule has 15 heavy (non-hydrogen) atoms. The molecule has 4 heteroatoms. The Morgan fingerprint density at radius 2 is 2.33 bits per heavy atom. The number of nitrogens with zero attached hydrogens (tertiary/aromatic N) is 1. The van der Waals surface area contributed by atoms with Gasteiger partial charge < -0.3 is 10.2 Å². The maximum Gasteiger partial charge on any atom is 0.191 e. The van der Waals surface area contributed by atoms with E-state index >= 15 is 0 Å². The number of guanidine groups is 1. The molecule has 0 aromatic heterocycles. The van der Waals surface area contributed by atoms with Crippen LogP contribution in [-0.4, -0.2) is 30.5 Å². The first-order valence-corrected chi connectivity index (χ1v) is 5.07. The van der Waals surface area contributed by atoms with E-state index in [9.17, 15) is 4.39 Å². The summed E-state index contributed by atoms with van der Waals surface area (Å²) in [6, 6.07) is 6.63.